The summed E-state index contributed by atoms with van der Waals surface area (Å²) in [6, 6.07) is 28.9. The van der Waals surface area contributed by atoms with E-state index in [1.807, 2.05) is 0 Å². The maximum absolute atomic E-state index is 7.10. The van der Waals surface area contributed by atoms with Crippen LogP contribution in [0.2, 0.25) is 0 Å². The molecule has 37 heavy (non-hydrogen) atoms. The van der Waals surface area contributed by atoms with Gasteiger partial charge in [0, 0.05) is 23.0 Å². The summed E-state index contributed by atoms with van der Waals surface area (Å²) in [5.41, 5.74) is 16.9. The van der Waals surface area contributed by atoms with Crippen LogP contribution >= 0.6 is 0 Å². The van der Waals surface area contributed by atoms with Gasteiger partial charge in [0.2, 0.25) is 0 Å². The van der Waals surface area contributed by atoms with Crippen molar-refractivity contribution in [3.05, 3.63) is 112 Å². The third-order valence-electron chi connectivity index (χ3n) is 8.74. The fraction of sp³-hybridized carbons (Fsp3) is 0.118. The van der Waals surface area contributed by atoms with Crippen LogP contribution in [-0.4, -0.2) is 6.71 Å². The third kappa shape index (κ3) is 2.52. The highest BCUT2D eigenvalue weighted by Gasteiger charge is 2.47. The number of fused-ring (bicyclic) bond motifs is 4. The van der Waals surface area contributed by atoms with Crippen molar-refractivity contribution in [2.24, 2.45) is 0 Å². The molecule has 3 aliphatic heterocycles. The van der Waals surface area contributed by atoms with E-state index in [0.29, 0.717) is 0 Å². The summed E-state index contributed by atoms with van der Waals surface area (Å²) in [6.45, 7) is 4.47. The Balaban J connectivity index is 1.38. The Labute approximate surface area is 216 Å². The molecule has 0 radical (unpaired) electrons. The average Bonchev–Trinajstić information content (AvgIpc) is 3.26. The summed E-state index contributed by atoms with van der Waals surface area (Å²) in [7, 11) is 0. The van der Waals surface area contributed by atoms with Crippen molar-refractivity contribution in [1.29, 1.82) is 0 Å². The third-order valence-corrected chi connectivity index (χ3v) is 8.74. The zero-order valence-electron chi connectivity index (χ0n) is 20.8. The van der Waals surface area contributed by atoms with Crippen LogP contribution in [0.3, 0.4) is 0 Å². The quantitative estimate of drug-likeness (QED) is 0.265. The van der Waals surface area contributed by atoms with E-state index in [1.165, 1.54) is 66.5 Å². The highest BCUT2D eigenvalue weighted by atomic mass is 16.5. The van der Waals surface area contributed by atoms with Gasteiger partial charge in [0.15, 0.2) is 0 Å². The molecule has 0 aromatic heterocycles. The first-order valence-corrected chi connectivity index (χ1v) is 13.1. The van der Waals surface area contributed by atoms with Crippen LogP contribution in [0, 0.1) is 13.8 Å². The van der Waals surface area contributed by atoms with Crippen molar-refractivity contribution in [1.82, 2.24) is 0 Å². The molecule has 2 nitrogen and oxygen atoms in total. The van der Waals surface area contributed by atoms with Gasteiger partial charge in [-0.2, -0.15) is 0 Å². The minimum absolute atomic E-state index is 0.137. The summed E-state index contributed by atoms with van der Waals surface area (Å²) in [5, 5.41) is 0. The van der Waals surface area contributed by atoms with E-state index in [9.17, 15) is 0 Å². The Morgan fingerprint density at radius 2 is 1.43 bits per heavy atom. The van der Waals surface area contributed by atoms with Crippen LogP contribution in [0.25, 0.3) is 22.3 Å². The molecule has 5 aromatic rings. The summed E-state index contributed by atoms with van der Waals surface area (Å²) in [6.07, 6.45) is 1.82. The number of hydrogen-bond donors (Lipinski definition) is 0. The van der Waals surface area contributed by atoms with E-state index >= 15 is 0 Å². The van der Waals surface area contributed by atoms with Crippen LogP contribution in [0.5, 0.6) is 23.0 Å². The van der Waals surface area contributed by atoms with Crippen LogP contribution < -0.4 is 25.9 Å². The molecule has 0 amide bonds. The summed E-state index contributed by atoms with van der Waals surface area (Å²) < 4.78 is 13.6. The van der Waals surface area contributed by atoms with Gasteiger partial charge in [-0.05, 0) is 82.8 Å². The standard InChI is InChI=1S/C34H23BO2/c1-18-5-3-6-20(13-18)24-11-12-29-32-33(24)37-34-27-16-21-10-9-19(2)14-25(21)26(27)17-23-15-22-7-4-8-28(36-29)30(22)35(32)31(23)34/h3-14,17H,15-16H2,1-2H3. The minimum Gasteiger partial charge on any atom is -0.458 e. The molecule has 0 saturated heterocycles. The molecular weight excluding hydrogens is 451 g/mol. The molecule has 174 valence electrons. The van der Waals surface area contributed by atoms with Crippen LogP contribution in [0.1, 0.15) is 33.4 Å². The van der Waals surface area contributed by atoms with Gasteiger partial charge in [0.1, 0.15) is 23.0 Å². The number of benzene rings is 5. The first kappa shape index (κ1) is 19.9. The van der Waals surface area contributed by atoms with E-state index in [1.54, 1.807) is 0 Å². The van der Waals surface area contributed by atoms with E-state index in [2.05, 4.69) is 92.7 Å². The molecule has 5 aromatic carbocycles. The summed E-state index contributed by atoms with van der Waals surface area (Å²) >= 11 is 0. The first-order valence-electron chi connectivity index (χ1n) is 13.1. The van der Waals surface area contributed by atoms with Gasteiger partial charge in [-0.1, -0.05) is 71.8 Å². The zero-order chi connectivity index (χ0) is 24.4. The molecule has 0 saturated carbocycles. The molecule has 0 fully saturated rings. The number of ether oxygens (including phenoxy) is 2. The largest absolute Gasteiger partial charge is 0.458 e. The Hall–Kier alpha value is -4.24. The molecule has 3 heterocycles. The Kier molecular flexibility index (Phi) is 3.63. The first-order chi connectivity index (χ1) is 18.1. The average molecular weight is 474 g/mol. The monoisotopic (exact) mass is 474 g/mol. The molecule has 0 unspecified atom stereocenters. The SMILES string of the molecule is Cc1cccc(-c2ccc3c4c2Oc2c5c(cc6c2B4c2c(cccc2O3)C6)-c2cc(C)ccc2C5)c1. The van der Waals surface area contributed by atoms with Crippen molar-refractivity contribution in [3.63, 3.8) is 0 Å². The Bertz CT molecular complexity index is 1870. The molecule has 0 N–H and O–H groups in total. The van der Waals surface area contributed by atoms with Gasteiger partial charge in [-0.15, -0.1) is 0 Å². The fourth-order valence-electron chi connectivity index (χ4n) is 7.16. The van der Waals surface area contributed by atoms with E-state index in [-0.39, 0.29) is 6.71 Å². The number of hydrogen-bond acceptors (Lipinski definition) is 2. The van der Waals surface area contributed by atoms with Crippen LogP contribution in [0.4, 0.5) is 0 Å². The maximum Gasteiger partial charge on any atom is 0.261 e. The molecular formula is C34H23BO2. The van der Waals surface area contributed by atoms with Crippen LogP contribution in [-0.2, 0) is 12.8 Å². The lowest BCUT2D eigenvalue weighted by Gasteiger charge is -2.39. The molecule has 0 bridgehead atoms. The van der Waals surface area contributed by atoms with Gasteiger partial charge in [0.25, 0.3) is 6.71 Å². The van der Waals surface area contributed by atoms with Crippen molar-refractivity contribution in [2.75, 3.05) is 0 Å². The highest BCUT2D eigenvalue weighted by molar-refractivity contribution is 6.99. The van der Waals surface area contributed by atoms with E-state index in [0.717, 1.165) is 41.4 Å². The Morgan fingerprint density at radius 3 is 2.35 bits per heavy atom. The lowest BCUT2D eigenvalue weighted by atomic mass is 9.31. The molecule has 3 heteroatoms. The van der Waals surface area contributed by atoms with Gasteiger partial charge >= 0.3 is 0 Å². The van der Waals surface area contributed by atoms with Gasteiger partial charge in [-0.25, -0.2) is 0 Å². The number of rotatable bonds is 1. The fourth-order valence-corrected chi connectivity index (χ4v) is 7.16. The van der Waals surface area contributed by atoms with Crippen molar-refractivity contribution < 1.29 is 9.47 Å². The lowest BCUT2D eigenvalue weighted by molar-refractivity contribution is 0.462. The predicted octanol–water partition coefficient (Wildman–Crippen LogP) is 6.17. The molecule has 0 spiro atoms. The molecule has 1 aliphatic carbocycles. The second-order valence-electron chi connectivity index (χ2n) is 11.0. The lowest BCUT2D eigenvalue weighted by Crippen LogP contribution is -2.61. The Morgan fingerprint density at radius 1 is 0.568 bits per heavy atom. The maximum atomic E-state index is 7.10. The zero-order valence-corrected chi connectivity index (χ0v) is 20.8. The highest BCUT2D eigenvalue weighted by Crippen LogP contribution is 2.48. The topological polar surface area (TPSA) is 18.5 Å². The second kappa shape index (κ2) is 6.74. The predicted molar refractivity (Wildman–Crippen MR) is 150 cm³/mol. The van der Waals surface area contributed by atoms with Crippen molar-refractivity contribution in [2.45, 2.75) is 26.7 Å². The summed E-state index contributed by atoms with van der Waals surface area (Å²) in [5.74, 6) is 3.93. The molecule has 4 aliphatic rings. The normalized spacial score (nSPS) is 14.4. The van der Waals surface area contributed by atoms with Crippen molar-refractivity contribution >= 4 is 23.1 Å². The van der Waals surface area contributed by atoms with Gasteiger partial charge in [0.05, 0.1) is 0 Å². The molecule has 9 rings (SSSR count). The van der Waals surface area contributed by atoms with Gasteiger partial charge in [-0.3, -0.25) is 0 Å². The minimum atomic E-state index is 0.137. The smallest absolute Gasteiger partial charge is 0.261 e. The number of aryl methyl sites for hydroxylation is 2. The van der Waals surface area contributed by atoms with Crippen molar-refractivity contribution in [3.8, 4) is 45.3 Å². The van der Waals surface area contributed by atoms with Gasteiger partial charge < -0.3 is 9.47 Å². The summed E-state index contributed by atoms with van der Waals surface area (Å²) in [4.78, 5) is 0. The molecule has 0 atom stereocenters. The van der Waals surface area contributed by atoms with E-state index in [4.69, 9.17) is 9.47 Å². The second-order valence-corrected chi connectivity index (χ2v) is 11.0. The van der Waals surface area contributed by atoms with E-state index < -0.39 is 0 Å². The van der Waals surface area contributed by atoms with Crippen LogP contribution in [0.15, 0.2) is 78.9 Å².